The monoisotopic (exact) mass is 206 g/mol. The Kier molecular flexibility index (Phi) is 2.22. The lowest BCUT2D eigenvalue weighted by molar-refractivity contribution is 0.706. The third-order valence-electron chi connectivity index (χ3n) is 2.44. The van der Waals surface area contributed by atoms with Gasteiger partial charge < -0.3 is 10.6 Å². The number of nitrogen functional groups attached to an aromatic ring is 1. The number of anilines is 2. The van der Waals surface area contributed by atoms with Crippen LogP contribution in [-0.4, -0.2) is 22.6 Å². The highest BCUT2D eigenvalue weighted by atomic mass is 16.1. The predicted octanol–water partition coefficient (Wildman–Crippen LogP) is 0.594. The highest BCUT2D eigenvalue weighted by Gasteiger charge is 2.19. The van der Waals surface area contributed by atoms with Crippen molar-refractivity contribution in [2.24, 2.45) is 0 Å². The van der Waals surface area contributed by atoms with Crippen LogP contribution in [0.3, 0.4) is 0 Å². The molecule has 0 atom stereocenters. The molecule has 0 spiro atoms. The van der Waals surface area contributed by atoms with E-state index >= 15 is 0 Å². The minimum Gasteiger partial charge on any atom is -0.369 e. The van der Waals surface area contributed by atoms with Crippen LogP contribution in [0.5, 0.6) is 0 Å². The Hall–Kier alpha value is -1.78. The van der Waals surface area contributed by atoms with Crippen LogP contribution in [0.15, 0.2) is 10.9 Å². The summed E-state index contributed by atoms with van der Waals surface area (Å²) in [5.41, 5.74) is 5.93. The molecule has 15 heavy (non-hydrogen) atoms. The summed E-state index contributed by atoms with van der Waals surface area (Å²) in [6, 6.07) is 0.294. The van der Waals surface area contributed by atoms with E-state index < -0.39 is 0 Å². The third-order valence-corrected chi connectivity index (χ3v) is 2.44. The number of rotatable bonds is 1. The molecule has 0 bridgehead atoms. The Morgan fingerprint density at radius 1 is 1.60 bits per heavy atom. The summed E-state index contributed by atoms with van der Waals surface area (Å²) >= 11 is 0. The van der Waals surface area contributed by atoms with Gasteiger partial charge in [0.1, 0.15) is 5.82 Å². The molecule has 0 radical (unpaired) electrons. The lowest BCUT2D eigenvalue weighted by Crippen LogP contribution is -2.36. The van der Waals surface area contributed by atoms with Crippen molar-refractivity contribution in [2.75, 3.05) is 17.2 Å². The Balaban J connectivity index is 2.62. The van der Waals surface area contributed by atoms with Crippen LogP contribution in [-0.2, 0) is 0 Å². The SMILES string of the molecule is CC(C)N1CC=Cc2c1nc(N)[nH]c2=O. The van der Waals surface area contributed by atoms with Gasteiger partial charge in [0.15, 0.2) is 0 Å². The Morgan fingerprint density at radius 2 is 2.33 bits per heavy atom. The van der Waals surface area contributed by atoms with Gasteiger partial charge in [0.05, 0.1) is 5.56 Å². The van der Waals surface area contributed by atoms with E-state index in [2.05, 4.69) is 23.8 Å². The summed E-state index contributed by atoms with van der Waals surface area (Å²) < 4.78 is 0. The van der Waals surface area contributed by atoms with Crippen LogP contribution in [0.4, 0.5) is 11.8 Å². The molecule has 0 aliphatic carbocycles. The first-order valence-electron chi connectivity index (χ1n) is 4.92. The largest absolute Gasteiger partial charge is 0.369 e. The Bertz CT molecular complexity index is 461. The molecular weight excluding hydrogens is 192 g/mol. The van der Waals surface area contributed by atoms with E-state index in [9.17, 15) is 4.79 Å². The molecule has 5 heteroatoms. The number of nitrogens with two attached hydrogens (primary N) is 1. The average molecular weight is 206 g/mol. The number of aromatic nitrogens is 2. The fraction of sp³-hybridized carbons (Fsp3) is 0.400. The van der Waals surface area contributed by atoms with Crippen molar-refractivity contribution < 1.29 is 0 Å². The zero-order valence-corrected chi connectivity index (χ0v) is 8.82. The van der Waals surface area contributed by atoms with Crippen molar-refractivity contribution in [3.05, 3.63) is 22.0 Å². The van der Waals surface area contributed by atoms with E-state index in [1.807, 2.05) is 11.0 Å². The molecule has 1 aliphatic rings. The number of hydrogen-bond donors (Lipinski definition) is 2. The van der Waals surface area contributed by atoms with Gasteiger partial charge in [-0.3, -0.25) is 9.78 Å². The second kappa shape index (κ2) is 3.42. The van der Waals surface area contributed by atoms with Gasteiger partial charge in [-0.2, -0.15) is 4.98 Å². The maximum atomic E-state index is 11.6. The quantitative estimate of drug-likeness (QED) is 0.705. The summed E-state index contributed by atoms with van der Waals surface area (Å²) in [5, 5.41) is 0. The summed E-state index contributed by atoms with van der Waals surface area (Å²) in [5.74, 6) is 0.841. The van der Waals surface area contributed by atoms with Gasteiger partial charge in [-0.05, 0) is 19.9 Å². The molecular formula is C10H14N4O. The first-order chi connectivity index (χ1) is 7.09. The summed E-state index contributed by atoms with van der Waals surface area (Å²) in [4.78, 5) is 20.3. The minimum atomic E-state index is -0.181. The van der Waals surface area contributed by atoms with Crippen molar-refractivity contribution in [1.82, 2.24) is 9.97 Å². The fourth-order valence-corrected chi connectivity index (χ4v) is 1.68. The molecule has 1 aromatic rings. The molecule has 0 fully saturated rings. The molecule has 5 nitrogen and oxygen atoms in total. The molecule has 0 saturated carbocycles. The molecule has 2 heterocycles. The second-order valence-corrected chi connectivity index (χ2v) is 3.84. The number of hydrogen-bond acceptors (Lipinski definition) is 4. The van der Waals surface area contributed by atoms with Gasteiger partial charge in [-0.15, -0.1) is 0 Å². The van der Waals surface area contributed by atoms with Crippen LogP contribution >= 0.6 is 0 Å². The van der Waals surface area contributed by atoms with Crippen molar-refractivity contribution in [2.45, 2.75) is 19.9 Å². The molecule has 80 valence electrons. The maximum absolute atomic E-state index is 11.6. The first kappa shape index (κ1) is 9.76. The number of nitrogens with one attached hydrogen (secondary N) is 1. The van der Waals surface area contributed by atoms with E-state index in [4.69, 9.17) is 5.73 Å². The number of H-pyrrole nitrogens is 1. The summed E-state index contributed by atoms with van der Waals surface area (Å²) in [7, 11) is 0. The van der Waals surface area contributed by atoms with Gasteiger partial charge in [0.25, 0.3) is 5.56 Å². The summed E-state index contributed by atoms with van der Waals surface area (Å²) in [6.45, 7) is 4.88. The number of aromatic amines is 1. The zero-order chi connectivity index (χ0) is 11.0. The molecule has 0 unspecified atom stereocenters. The van der Waals surface area contributed by atoms with Gasteiger partial charge in [0, 0.05) is 12.6 Å². The lowest BCUT2D eigenvalue weighted by Gasteiger charge is -2.29. The molecule has 0 aromatic carbocycles. The highest BCUT2D eigenvalue weighted by Crippen LogP contribution is 2.22. The van der Waals surface area contributed by atoms with Crippen LogP contribution in [0.1, 0.15) is 19.4 Å². The minimum absolute atomic E-state index is 0.166. The smallest absolute Gasteiger partial charge is 0.261 e. The molecule has 1 aromatic heterocycles. The standard InChI is InChI=1S/C10H14N4O/c1-6(2)14-5-3-4-7-8(14)12-10(11)13-9(7)15/h3-4,6H,5H2,1-2H3,(H3,11,12,13,15). The normalized spacial score (nSPS) is 14.5. The van der Waals surface area contributed by atoms with E-state index in [-0.39, 0.29) is 11.5 Å². The highest BCUT2D eigenvalue weighted by molar-refractivity contribution is 5.68. The van der Waals surface area contributed by atoms with Crippen molar-refractivity contribution in [1.29, 1.82) is 0 Å². The predicted molar refractivity (Wildman–Crippen MR) is 60.8 cm³/mol. The molecule has 3 N–H and O–H groups in total. The van der Waals surface area contributed by atoms with Crippen LogP contribution < -0.4 is 16.2 Å². The zero-order valence-electron chi connectivity index (χ0n) is 8.82. The van der Waals surface area contributed by atoms with Gasteiger partial charge in [0.2, 0.25) is 5.95 Å². The molecule has 0 saturated heterocycles. The van der Waals surface area contributed by atoms with Crippen LogP contribution in [0, 0.1) is 0 Å². The van der Waals surface area contributed by atoms with Gasteiger partial charge >= 0.3 is 0 Å². The van der Waals surface area contributed by atoms with Gasteiger partial charge in [-0.25, -0.2) is 0 Å². The third kappa shape index (κ3) is 1.60. The lowest BCUT2D eigenvalue weighted by atomic mass is 10.1. The molecule has 0 amide bonds. The molecule has 1 aliphatic heterocycles. The average Bonchev–Trinajstić information content (AvgIpc) is 2.16. The van der Waals surface area contributed by atoms with E-state index in [0.29, 0.717) is 17.4 Å². The number of nitrogens with zero attached hydrogens (tertiary/aromatic N) is 2. The van der Waals surface area contributed by atoms with Crippen molar-refractivity contribution >= 4 is 17.8 Å². The second-order valence-electron chi connectivity index (χ2n) is 3.84. The van der Waals surface area contributed by atoms with Crippen LogP contribution in [0.25, 0.3) is 6.08 Å². The Labute approximate surface area is 87.6 Å². The van der Waals surface area contributed by atoms with Gasteiger partial charge in [-0.1, -0.05) is 6.08 Å². The first-order valence-corrected chi connectivity index (χ1v) is 4.92. The van der Waals surface area contributed by atoms with E-state index in [1.54, 1.807) is 6.08 Å². The van der Waals surface area contributed by atoms with Crippen LogP contribution in [0.2, 0.25) is 0 Å². The van der Waals surface area contributed by atoms with E-state index in [0.717, 1.165) is 6.54 Å². The van der Waals surface area contributed by atoms with Crippen molar-refractivity contribution in [3.8, 4) is 0 Å². The topological polar surface area (TPSA) is 75.0 Å². The van der Waals surface area contributed by atoms with Crippen molar-refractivity contribution in [3.63, 3.8) is 0 Å². The molecule has 2 rings (SSSR count). The maximum Gasteiger partial charge on any atom is 0.261 e. The number of fused-ring (bicyclic) bond motifs is 1. The fourth-order valence-electron chi connectivity index (χ4n) is 1.68. The summed E-state index contributed by atoms with van der Waals surface area (Å²) in [6.07, 6.45) is 3.74. The van der Waals surface area contributed by atoms with E-state index in [1.165, 1.54) is 0 Å². The Morgan fingerprint density at radius 3 is 3.00 bits per heavy atom.